The Balaban J connectivity index is 0.000000344. The fourth-order valence-corrected chi connectivity index (χ4v) is 4.85. The van der Waals surface area contributed by atoms with Crippen LogP contribution in [0.2, 0.25) is 0 Å². The molecule has 8 nitrogen and oxygen atoms in total. The van der Waals surface area contributed by atoms with E-state index in [1.54, 1.807) is 0 Å². The first-order chi connectivity index (χ1) is 16.2. The minimum Gasteiger partial charge on any atom is -0.486 e. The first-order valence-electron chi connectivity index (χ1n) is 11.5. The van der Waals surface area contributed by atoms with E-state index < -0.39 is 12.1 Å². The summed E-state index contributed by atoms with van der Waals surface area (Å²) in [6.45, 7) is 6.89. The number of nitrogens with zero attached hydrogens (tertiary/aromatic N) is 2. The van der Waals surface area contributed by atoms with E-state index >= 15 is 0 Å². The summed E-state index contributed by atoms with van der Waals surface area (Å²) < 4.78 is 49.3. The average Bonchev–Trinajstić information content (AvgIpc) is 3.30. The highest BCUT2D eigenvalue weighted by atomic mass is 19.4. The minimum atomic E-state index is -5.08. The quantitative estimate of drug-likeness (QED) is 0.703. The van der Waals surface area contributed by atoms with Crippen molar-refractivity contribution in [3.63, 3.8) is 0 Å². The van der Waals surface area contributed by atoms with Gasteiger partial charge in [-0.2, -0.15) is 13.2 Å². The van der Waals surface area contributed by atoms with Crippen molar-refractivity contribution in [1.82, 2.24) is 9.80 Å². The van der Waals surface area contributed by atoms with E-state index in [4.69, 9.17) is 24.1 Å². The number of benzene rings is 1. The lowest BCUT2D eigenvalue weighted by atomic mass is 9.82. The first-order valence-corrected chi connectivity index (χ1v) is 11.5. The van der Waals surface area contributed by atoms with Gasteiger partial charge in [0, 0.05) is 6.54 Å². The highest BCUT2D eigenvalue weighted by Crippen LogP contribution is 2.40. The molecule has 3 saturated heterocycles. The molecule has 5 rings (SSSR count). The van der Waals surface area contributed by atoms with Crippen LogP contribution in [0.25, 0.3) is 0 Å². The van der Waals surface area contributed by atoms with E-state index in [1.165, 1.54) is 38.9 Å². The number of carboxylic acids is 1. The molecule has 0 saturated carbocycles. The van der Waals surface area contributed by atoms with Gasteiger partial charge in [0.15, 0.2) is 11.5 Å². The second-order valence-corrected chi connectivity index (χ2v) is 9.20. The molecule has 0 bridgehead atoms. The van der Waals surface area contributed by atoms with Gasteiger partial charge in [0.05, 0.1) is 25.3 Å². The Bertz CT molecular complexity index is 887. The number of hydrogen-bond acceptors (Lipinski definition) is 6. The zero-order chi connectivity index (χ0) is 24.3. The summed E-state index contributed by atoms with van der Waals surface area (Å²) in [6.07, 6.45) is -0.142. The smallest absolute Gasteiger partial charge is 0.486 e. The Labute approximate surface area is 195 Å². The fourth-order valence-electron chi connectivity index (χ4n) is 4.85. The molecule has 1 atom stereocenters. The standard InChI is InChI=1S/C21H28N2O4.C2HF3O2/c24-20(17-4-3-5-18-19(17)26-11-10-25-18)23-14-21(15-23)7-6-16(13-27-21)12-22-8-1-2-9-22;3-2(4,5)1(6)7/h3-5,16H,1-2,6-15H2;(H,6,7). The Hall–Kier alpha value is -2.53. The number of likely N-dealkylation sites (tertiary alicyclic amines) is 2. The van der Waals surface area contributed by atoms with Crippen LogP contribution in [0.4, 0.5) is 13.2 Å². The van der Waals surface area contributed by atoms with Crippen LogP contribution in [0.5, 0.6) is 11.5 Å². The summed E-state index contributed by atoms with van der Waals surface area (Å²) >= 11 is 0. The van der Waals surface area contributed by atoms with Gasteiger partial charge in [-0.3, -0.25) is 4.79 Å². The third-order valence-electron chi connectivity index (χ3n) is 6.63. The summed E-state index contributed by atoms with van der Waals surface area (Å²) in [5.74, 6) is -0.839. The number of alkyl halides is 3. The Kier molecular flexibility index (Phi) is 7.22. The van der Waals surface area contributed by atoms with Gasteiger partial charge in [-0.1, -0.05) is 6.07 Å². The number of halogens is 3. The molecule has 1 spiro atoms. The van der Waals surface area contributed by atoms with Gasteiger partial charge in [-0.25, -0.2) is 4.79 Å². The molecule has 3 fully saturated rings. The largest absolute Gasteiger partial charge is 0.490 e. The molecule has 188 valence electrons. The Morgan fingerprint density at radius 2 is 1.79 bits per heavy atom. The molecule has 0 aromatic heterocycles. The molecule has 0 radical (unpaired) electrons. The van der Waals surface area contributed by atoms with Crippen LogP contribution in [0.3, 0.4) is 0 Å². The molecule has 1 unspecified atom stereocenters. The number of ether oxygens (including phenoxy) is 3. The van der Waals surface area contributed by atoms with Gasteiger partial charge < -0.3 is 29.1 Å². The molecule has 1 aromatic carbocycles. The third kappa shape index (κ3) is 5.57. The zero-order valence-electron chi connectivity index (χ0n) is 18.8. The maximum atomic E-state index is 12.9. The number of hydrogen-bond donors (Lipinski definition) is 1. The first kappa shape index (κ1) is 24.6. The number of rotatable bonds is 3. The van der Waals surface area contributed by atoms with E-state index in [1.807, 2.05) is 23.1 Å². The number of para-hydroxylation sites is 1. The number of carbonyl (C=O) groups is 2. The molecule has 4 aliphatic rings. The van der Waals surface area contributed by atoms with Gasteiger partial charge in [0.1, 0.15) is 18.8 Å². The fraction of sp³-hybridized carbons (Fsp3) is 0.652. The second-order valence-electron chi connectivity index (χ2n) is 9.20. The SMILES string of the molecule is O=C(O)C(F)(F)F.O=C(c1cccc2c1OCCO2)N1CC2(CCC(CN3CCCC3)CO2)C1. The van der Waals surface area contributed by atoms with Crippen LogP contribution in [-0.2, 0) is 9.53 Å². The molecule has 0 aliphatic carbocycles. The Morgan fingerprint density at radius 1 is 1.12 bits per heavy atom. The topological polar surface area (TPSA) is 88.5 Å². The van der Waals surface area contributed by atoms with Crippen molar-refractivity contribution in [3.8, 4) is 11.5 Å². The normalized spacial score (nSPS) is 23.6. The van der Waals surface area contributed by atoms with Crippen molar-refractivity contribution >= 4 is 11.9 Å². The lowest BCUT2D eigenvalue weighted by Crippen LogP contribution is -2.66. The van der Waals surface area contributed by atoms with Crippen LogP contribution < -0.4 is 9.47 Å². The van der Waals surface area contributed by atoms with Gasteiger partial charge in [0.2, 0.25) is 0 Å². The van der Waals surface area contributed by atoms with Crippen LogP contribution in [0, 0.1) is 5.92 Å². The number of amides is 1. The van der Waals surface area contributed by atoms with Crippen molar-refractivity contribution in [2.75, 3.05) is 52.5 Å². The van der Waals surface area contributed by atoms with Crippen LogP contribution in [0.1, 0.15) is 36.0 Å². The lowest BCUT2D eigenvalue weighted by Gasteiger charge is -2.53. The number of fused-ring (bicyclic) bond motifs is 1. The van der Waals surface area contributed by atoms with E-state index in [9.17, 15) is 18.0 Å². The predicted molar refractivity (Wildman–Crippen MR) is 114 cm³/mol. The zero-order valence-corrected chi connectivity index (χ0v) is 18.8. The number of carbonyl (C=O) groups excluding carboxylic acids is 1. The molecular weight excluding hydrogens is 457 g/mol. The second kappa shape index (κ2) is 9.99. The average molecular weight is 486 g/mol. The van der Waals surface area contributed by atoms with E-state index in [2.05, 4.69) is 4.90 Å². The molecule has 34 heavy (non-hydrogen) atoms. The highest BCUT2D eigenvalue weighted by Gasteiger charge is 2.49. The van der Waals surface area contributed by atoms with Gasteiger partial charge in [-0.05, 0) is 56.8 Å². The summed E-state index contributed by atoms with van der Waals surface area (Å²) in [5, 5.41) is 7.12. The van der Waals surface area contributed by atoms with Crippen molar-refractivity contribution < 1.29 is 42.1 Å². The van der Waals surface area contributed by atoms with Crippen LogP contribution in [-0.4, -0.2) is 91.1 Å². The molecule has 1 amide bonds. The van der Waals surface area contributed by atoms with E-state index in [0.29, 0.717) is 49.3 Å². The van der Waals surface area contributed by atoms with E-state index in [0.717, 1.165) is 13.0 Å². The maximum Gasteiger partial charge on any atom is 0.490 e. The summed E-state index contributed by atoms with van der Waals surface area (Å²) in [5.41, 5.74) is 0.480. The van der Waals surface area contributed by atoms with Gasteiger partial charge in [-0.15, -0.1) is 0 Å². The summed E-state index contributed by atoms with van der Waals surface area (Å²) in [7, 11) is 0. The molecule has 4 aliphatic heterocycles. The van der Waals surface area contributed by atoms with Crippen molar-refractivity contribution in [3.05, 3.63) is 23.8 Å². The molecule has 4 heterocycles. The predicted octanol–water partition coefficient (Wildman–Crippen LogP) is 2.81. The van der Waals surface area contributed by atoms with Gasteiger partial charge in [0.25, 0.3) is 5.91 Å². The molecule has 1 N–H and O–H groups in total. The monoisotopic (exact) mass is 486 g/mol. The van der Waals surface area contributed by atoms with Crippen molar-refractivity contribution in [2.45, 2.75) is 37.5 Å². The number of aliphatic carboxylic acids is 1. The van der Waals surface area contributed by atoms with Crippen LogP contribution in [0.15, 0.2) is 18.2 Å². The summed E-state index contributed by atoms with van der Waals surface area (Å²) in [4.78, 5) is 26.3. The molecule has 1 aromatic rings. The molecule has 11 heteroatoms. The van der Waals surface area contributed by atoms with Crippen molar-refractivity contribution in [2.24, 2.45) is 5.92 Å². The van der Waals surface area contributed by atoms with Gasteiger partial charge >= 0.3 is 12.1 Å². The minimum absolute atomic E-state index is 0.0192. The third-order valence-corrected chi connectivity index (χ3v) is 6.63. The lowest BCUT2D eigenvalue weighted by molar-refractivity contribution is -0.192. The van der Waals surface area contributed by atoms with Crippen molar-refractivity contribution in [1.29, 1.82) is 0 Å². The summed E-state index contributed by atoms with van der Waals surface area (Å²) in [6, 6.07) is 5.54. The maximum absolute atomic E-state index is 12.9. The molecular formula is C23H29F3N2O6. The van der Waals surface area contributed by atoms with E-state index in [-0.39, 0.29) is 11.5 Å². The number of carboxylic acid groups (broad SMARTS) is 1. The Morgan fingerprint density at radius 3 is 2.41 bits per heavy atom. The highest BCUT2D eigenvalue weighted by molar-refractivity contribution is 5.98. The van der Waals surface area contributed by atoms with Crippen LogP contribution >= 0.6 is 0 Å².